The molecule has 1 saturated heterocycles. The Kier molecular flexibility index (Phi) is 8.07. The van der Waals surface area contributed by atoms with Gasteiger partial charge in [-0.3, -0.25) is 19.7 Å². The molecule has 2 heterocycles. The number of aromatic nitrogens is 1. The largest absolute Gasteiger partial charge is 0.368 e. The number of nitrogens with zero attached hydrogens (tertiary/aromatic N) is 4. The molecule has 0 aromatic carbocycles. The van der Waals surface area contributed by atoms with Gasteiger partial charge in [-0.2, -0.15) is 0 Å². The van der Waals surface area contributed by atoms with Crippen molar-refractivity contribution in [1.29, 1.82) is 0 Å². The van der Waals surface area contributed by atoms with E-state index in [-0.39, 0.29) is 29.9 Å². The Morgan fingerprint density at radius 1 is 1.36 bits per heavy atom. The molecule has 1 aliphatic heterocycles. The summed E-state index contributed by atoms with van der Waals surface area (Å²) in [6.45, 7) is 9.61. The van der Waals surface area contributed by atoms with E-state index in [1.54, 1.807) is 13.2 Å². The lowest BCUT2D eigenvalue weighted by Crippen LogP contribution is -2.61. The van der Waals surface area contributed by atoms with Crippen LogP contribution in [0, 0.1) is 6.92 Å². The topological polar surface area (TPSA) is 86.8 Å². The van der Waals surface area contributed by atoms with Gasteiger partial charge in [0, 0.05) is 39.4 Å². The number of halogens is 1. The smallest absolute Gasteiger partial charge is 0.237 e. The van der Waals surface area contributed by atoms with Crippen molar-refractivity contribution in [1.82, 2.24) is 20.1 Å². The minimum absolute atomic E-state index is 0. The van der Waals surface area contributed by atoms with Crippen molar-refractivity contribution in [3.63, 3.8) is 0 Å². The lowest BCUT2D eigenvalue weighted by molar-refractivity contribution is -0.129. The summed E-state index contributed by atoms with van der Waals surface area (Å²) in [6.07, 6.45) is 1.80. The van der Waals surface area contributed by atoms with Crippen molar-refractivity contribution in [2.24, 2.45) is 10.7 Å². The Bertz CT molecular complexity index is 611. The second-order valence-electron chi connectivity index (χ2n) is 6.57. The molecule has 0 unspecified atom stereocenters. The Morgan fingerprint density at radius 3 is 2.52 bits per heavy atom. The van der Waals surface area contributed by atoms with Gasteiger partial charge >= 0.3 is 0 Å². The lowest BCUT2D eigenvalue weighted by atomic mass is 10.0. The van der Waals surface area contributed by atoms with Crippen LogP contribution in [0.15, 0.2) is 23.3 Å². The summed E-state index contributed by atoms with van der Waals surface area (Å²) in [5.74, 6) is 0.570. The Hall–Kier alpha value is -1.42. The fourth-order valence-electron chi connectivity index (χ4n) is 2.83. The molecule has 0 bridgehead atoms. The first kappa shape index (κ1) is 21.6. The molecule has 0 radical (unpaired) electrons. The highest BCUT2D eigenvalue weighted by molar-refractivity contribution is 14.0. The fraction of sp³-hybridized carbons (Fsp3) is 0.588. The zero-order valence-corrected chi connectivity index (χ0v) is 17.8. The van der Waals surface area contributed by atoms with E-state index in [1.165, 1.54) is 0 Å². The molecular formula is C17H29IN6O. The van der Waals surface area contributed by atoms with Gasteiger partial charge in [-0.1, -0.05) is 6.07 Å². The Morgan fingerprint density at radius 2 is 2.00 bits per heavy atom. The van der Waals surface area contributed by atoms with Gasteiger partial charge in [0.1, 0.15) is 0 Å². The van der Waals surface area contributed by atoms with Crippen LogP contribution in [0.25, 0.3) is 0 Å². The van der Waals surface area contributed by atoms with E-state index in [2.05, 4.69) is 38.1 Å². The third-order valence-corrected chi connectivity index (χ3v) is 4.72. The van der Waals surface area contributed by atoms with E-state index in [1.807, 2.05) is 19.9 Å². The number of piperazine rings is 1. The summed E-state index contributed by atoms with van der Waals surface area (Å²) < 4.78 is 0. The van der Waals surface area contributed by atoms with Crippen molar-refractivity contribution >= 4 is 35.8 Å². The van der Waals surface area contributed by atoms with E-state index >= 15 is 0 Å². The standard InChI is InChI=1S/C17H28N6O.HI/c1-13-6-5-7-20-14(13)12-21-16(19-4)22-8-10-23(11-9-22)17(2,3)15(18)24;/h5-7H,8-12H2,1-4H3,(H2,18,24)(H,19,21);1H. The first-order chi connectivity index (χ1) is 11.4. The van der Waals surface area contributed by atoms with Gasteiger partial charge in [-0.15, -0.1) is 24.0 Å². The van der Waals surface area contributed by atoms with Crippen LogP contribution in [0.1, 0.15) is 25.1 Å². The third kappa shape index (κ3) is 5.27. The SMILES string of the molecule is CN=C(NCc1ncccc1C)N1CCN(C(C)(C)C(N)=O)CC1.I. The molecule has 0 atom stereocenters. The number of rotatable bonds is 4. The summed E-state index contributed by atoms with van der Waals surface area (Å²) in [4.78, 5) is 24.7. The van der Waals surface area contributed by atoms with Gasteiger partial charge < -0.3 is 16.0 Å². The molecule has 140 valence electrons. The van der Waals surface area contributed by atoms with Gasteiger partial charge in [0.15, 0.2) is 5.96 Å². The van der Waals surface area contributed by atoms with Gasteiger partial charge in [-0.25, -0.2) is 0 Å². The molecule has 1 aromatic heterocycles. The number of hydrogen-bond acceptors (Lipinski definition) is 4. The van der Waals surface area contributed by atoms with Crippen molar-refractivity contribution in [3.8, 4) is 0 Å². The number of hydrogen-bond donors (Lipinski definition) is 2. The summed E-state index contributed by atoms with van der Waals surface area (Å²) in [7, 11) is 1.79. The lowest BCUT2D eigenvalue weighted by Gasteiger charge is -2.43. The predicted octanol–water partition coefficient (Wildman–Crippen LogP) is 0.965. The fourth-order valence-corrected chi connectivity index (χ4v) is 2.83. The van der Waals surface area contributed by atoms with E-state index in [0.29, 0.717) is 6.54 Å². The quantitative estimate of drug-likeness (QED) is 0.397. The number of nitrogens with one attached hydrogen (secondary N) is 1. The van der Waals surface area contributed by atoms with Crippen LogP contribution in [0.5, 0.6) is 0 Å². The molecule has 1 amide bonds. The minimum Gasteiger partial charge on any atom is -0.368 e. The molecule has 3 N–H and O–H groups in total. The van der Waals surface area contributed by atoms with Crippen LogP contribution >= 0.6 is 24.0 Å². The average molecular weight is 460 g/mol. The molecule has 0 spiro atoms. The molecule has 1 fully saturated rings. The van der Waals surface area contributed by atoms with Crippen LogP contribution in [0.2, 0.25) is 0 Å². The molecule has 0 aliphatic carbocycles. The van der Waals surface area contributed by atoms with E-state index in [9.17, 15) is 4.79 Å². The third-order valence-electron chi connectivity index (χ3n) is 4.72. The van der Waals surface area contributed by atoms with Crippen molar-refractivity contribution in [2.45, 2.75) is 32.9 Å². The van der Waals surface area contributed by atoms with Crippen LogP contribution in [0.3, 0.4) is 0 Å². The van der Waals surface area contributed by atoms with Gasteiger partial charge in [0.25, 0.3) is 0 Å². The van der Waals surface area contributed by atoms with Gasteiger partial charge in [-0.05, 0) is 32.4 Å². The van der Waals surface area contributed by atoms with Gasteiger partial charge in [0.05, 0.1) is 17.8 Å². The molecule has 7 nitrogen and oxygen atoms in total. The number of primary amides is 1. The van der Waals surface area contributed by atoms with Crippen LogP contribution in [0.4, 0.5) is 0 Å². The summed E-state index contributed by atoms with van der Waals surface area (Å²) in [5.41, 5.74) is 7.07. The predicted molar refractivity (Wildman–Crippen MR) is 111 cm³/mol. The number of carbonyl (C=O) groups is 1. The van der Waals surface area contributed by atoms with Crippen LogP contribution in [-0.4, -0.2) is 65.4 Å². The molecule has 8 heteroatoms. The number of aryl methyl sites for hydroxylation is 1. The minimum atomic E-state index is -0.617. The summed E-state index contributed by atoms with van der Waals surface area (Å²) in [5, 5.41) is 3.38. The summed E-state index contributed by atoms with van der Waals surface area (Å²) in [6, 6.07) is 3.99. The number of pyridine rings is 1. The van der Waals surface area contributed by atoms with E-state index in [4.69, 9.17) is 5.73 Å². The van der Waals surface area contributed by atoms with Gasteiger partial charge in [0.2, 0.25) is 5.91 Å². The molecular weight excluding hydrogens is 431 g/mol. The highest BCUT2D eigenvalue weighted by atomic mass is 127. The zero-order valence-electron chi connectivity index (χ0n) is 15.5. The second kappa shape index (κ2) is 9.33. The Labute approximate surface area is 167 Å². The van der Waals surface area contributed by atoms with Crippen molar-refractivity contribution in [2.75, 3.05) is 33.2 Å². The van der Waals surface area contributed by atoms with E-state index in [0.717, 1.165) is 43.4 Å². The number of aliphatic imine (C=N–C) groups is 1. The maximum atomic E-state index is 11.6. The van der Waals surface area contributed by atoms with Crippen LogP contribution in [-0.2, 0) is 11.3 Å². The first-order valence-corrected chi connectivity index (χ1v) is 8.27. The monoisotopic (exact) mass is 460 g/mol. The molecule has 25 heavy (non-hydrogen) atoms. The zero-order chi connectivity index (χ0) is 17.7. The Balaban J connectivity index is 0.00000312. The maximum absolute atomic E-state index is 11.6. The maximum Gasteiger partial charge on any atom is 0.237 e. The normalized spacial score (nSPS) is 16.3. The molecule has 0 saturated carbocycles. The second-order valence-corrected chi connectivity index (χ2v) is 6.57. The average Bonchev–Trinajstić information content (AvgIpc) is 2.57. The molecule has 2 rings (SSSR count). The molecule has 1 aliphatic rings. The number of amides is 1. The molecule has 1 aromatic rings. The number of carbonyl (C=O) groups excluding carboxylic acids is 1. The van der Waals surface area contributed by atoms with Crippen LogP contribution < -0.4 is 11.1 Å². The van der Waals surface area contributed by atoms with E-state index < -0.39 is 5.54 Å². The number of guanidine groups is 1. The van der Waals surface area contributed by atoms with Crippen molar-refractivity contribution in [3.05, 3.63) is 29.6 Å². The van der Waals surface area contributed by atoms with Crippen molar-refractivity contribution < 1.29 is 4.79 Å². The highest BCUT2D eigenvalue weighted by Crippen LogP contribution is 2.16. The summed E-state index contributed by atoms with van der Waals surface area (Å²) >= 11 is 0. The highest BCUT2D eigenvalue weighted by Gasteiger charge is 2.35. The first-order valence-electron chi connectivity index (χ1n) is 8.27. The number of nitrogens with two attached hydrogens (primary N) is 1.